The van der Waals surface area contributed by atoms with Gasteiger partial charge in [-0.3, -0.25) is 4.79 Å². The lowest BCUT2D eigenvalue weighted by atomic mass is 10.1. The number of halogens is 1. The summed E-state index contributed by atoms with van der Waals surface area (Å²) in [5, 5.41) is 2.89. The Kier molecular flexibility index (Phi) is 5.21. The Hall–Kier alpha value is -2.89. The van der Waals surface area contributed by atoms with Crippen LogP contribution in [0, 0.1) is 11.7 Å². The second-order valence-electron chi connectivity index (χ2n) is 6.24. The molecule has 1 amide bonds. The van der Waals surface area contributed by atoms with Crippen molar-refractivity contribution in [1.29, 1.82) is 0 Å². The number of ether oxygens (including phenoxy) is 2. The third-order valence-electron chi connectivity index (χ3n) is 4.56. The van der Waals surface area contributed by atoms with Gasteiger partial charge in [-0.25, -0.2) is 9.18 Å². The van der Waals surface area contributed by atoms with E-state index in [9.17, 15) is 14.0 Å². The van der Waals surface area contributed by atoms with Gasteiger partial charge in [-0.1, -0.05) is 18.2 Å². The predicted octanol–water partition coefficient (Wildman–Crippen LogP) is 3.04. The standard InChI is InChI=1S/C20H20FNO4/c1-25-18-8-3-12(9-17(18)20(24)26-2)11-22-19(23)16-10-15(16)13-4-6-14(21)7-5-13/h3-9,15-16H,10-11H2,1-2H3,(H,22,23). The van der Waals surface area contributed by atoms with Crippen LogP contribution in [0.2, 0.25) is 0 Å². The van der Waals surface area contributed by atoms with Crippen LogP contribution < -0.4 is 10.1 Å². The molecule has 5 nitrogen and oxygen atoms in total. The van der Waals surface area contributed by atoms with Crippen LogP contribution in [0.15, 0.2) is 42.5 Å². The molecule has 26 heavy (non-hydrogen) atoms. The van der Waals surface area contributed by atoms with E-state index in [0.29, 0.717) is 17.9 Å². The average Bonchev–Trinajstić information content (AvgIpc) is 3.46. The summed E-state index contributed by atoms with van der Waals surface area (Å²) < 4.78 is 22.9. The highest BCUT2D eigenvalue weighted by atomic mass is 19.1. The topological polar surface area (TPSA) is 64.6 Å². The van der Waals surface area contributed by atoms with Crippen molar-refractivity contribution in [2.24, 2.45) is 5.92 Å². The van der Waals surface area contributed by atoms with E-state index in [2.05, 4.69) is 5.32 Å². The number of hydrogen-bond donors (Lipinski definition) is 1. The molecule has 1 aliphatic rings. The zero-order valence-electron chi connectivity index (χ0n) is 14.6. The Morgan fingerprint density at radius 1 is 1.15 bits per heavy atom. The molecule has 0 bridgehead atoms. The molecule has 0 aromatic heterocycles. The Labute approximate surface area is 151 Å². The van der Waals surface area contributed by atoms with Gasteiger partial charge < -0.3 is 14.8 Å². The number of esters is 1. The molecule has 1 aliphatic carbocycles. The first-order chi connectivity index (χ1) is 12.5. The summed E-state index contributed by atoms with van der Waals surface area (Å²) in [5.41, 5.74) is 2.07. The van der Waals surface area contributed by atoms with Crippen molar-refractivity contribution in [3.05, 3.63) is 65.0 Å². The highest BCUT2D eigenvalue weighted by Crippen LogP contribution is 2.47. The van der Waals surface area contributed by atoms with Gasteiger partial charge in [0, 0.05) is 12.5 Å². The molecule has 0 saturated heterocycles. The second kappa shape index (κ2) is 7.56. The first kappa shape index (κ1) is 17.9. The molecule has 1 fully saturated rings. The van der Waals surface area contributed by atoms with Crippen LogP contribution in [-0.4, -0.2) is 26.1 Å². The fraction of sp³-hybridized carbons (Fsp3) is 0.300. The molecule has 0 spiro atoms. The van der Waals surface area contributed by atoms with E-state index >= 15 is 0 Å². The largest absolute Gasteiger partial charge is 0.496 e. The fourth-order valence-corrected chi connectivity index (χ4v) is 3.02. The quantitative estimate of drug-likeness (QED) is 0.807. The van der Waals surface area contributed by atoms with Gasteiger partial charge in [-0.2, -0.15) is 0 Å². The number of rotatable bonds is 6. The zero-order chi connectivity index (χ0) is 18.7. The van der Waals surface area contributed by atoms with Crippen molar-refractivity contribution >= 4 is 11.9 Å². The minimum absolute atomic E-state index is 0.0465. The Morgan fingerprint density at radius 3 is 2.54 bits per heavy atom. The number of carbonyl (C=O) groups excluding carboxylic acids is 2. The zero-order valence-corrected chi connectivity index (χ0v) is 14.6. The SMILES string of the molecule is COC(=O)c1cc(CNC(=O)C2CC2c2ccc(F)cc2)ccc1OC. The van der Waals surface area contributed by atoms with Gasteiger partial charge in [-0.15, -0.1) is 0 Å². The molecule has 2 aromatic carbocycles. The van der Waals surface area contributed by atoms with E-state index in [1.165, 1.54) is 26.4 Å². The average molecular weight is 357 g/mol. The maximum Gasteiger partial charge on any atom is 0.341 e. The normalized spacial score (nSPS) is 18.1. The minimum Gasteiger partial charge on any atom is -0.496 e. The summed E-state index contributed by atoms with van der Waals surface area (Å²) in [6.07, 6.45) is 0.757. The summed E-state index contributed by atoms with van der Waals surface area (Å²) in [6.45, 7) is 0.305. The Bertz CT molecular complexity index is 819. The lowest BCUT2D eigenvalue weighted by molar-refractivity contribution is -0.122. The Morgan fingerprint density at radius 2 is 1.88 bits per heavy atom. The van der Waals surface area contributed by atoms with Gasteiger partial charge in [0.15, 0.2) is 0 Å². The van der Waals surface area contributed by atoms with E-state index in [-0.39, 0.29) is 23.6 Å². The van der Waals surface area contributed by atoms with Crippen LogP contribution in [0.4, 0.5) is 4.39 Å². The minimum atomic E-state index is -0.492. The van der Waals surface area contributed by atoms with Crippen LogP contribution >= 0.6 is 0 Å². The van der Waals surface area contributed by atoms with Crippen LogP contribution in [0.1, 0.15) is 33.8 Å². The summed E-state index contributed by atoms with van der Waals surface area (Å²) >= 11 is 0. The summed E-state index contributed by atoms with van der Waals surface area (Å²) in [7, 11) is 2.78. The highest BCUT2D eigenvalue weighted by molar-refractivity contribution is 5.92. The number of amides is 1. The molecule has 3 rings (SSSR count). The van der Waals surface area contributed by atoms with Gasteiger partial charge in [-0.05, 0) is 47.7 Å². The van der Waals surface area contributed by atoms with Crippen molar-refractivity contribution in [2.45, 2.75) is 18.9 Å². The van der Waals surface area contributed by atoms with E-state index in [1.807, 2.05) is 0 Å². The molecule has 2 atom stereocenters. The summed E-state index contributed by atoms with van der Waals surface area (Å²) in [6, 6.07) is 11.4. The monoisotopic (exact) mass is 357 g/mol. The molecule has 1 saturated carbocycles. The van der Waals surface area contributed by atoms with Gasteiger partial charge in [0.05, 0.1) is 14.2 Å². The molecular formula is C20H20FNO4. The maximum absolute atomic E-state index is 13.0. The van der Waals surface area contributed by atoms with Crippen LogP contribution in [0.5, 0.6) is 5.75 Å². The van der Waals surface area contributed by atoms with Crippen molar-refractivity contribution in [3.8, 4) is 5.75 Å². The third-order valence-corrected chi connectivity index (χ3v) is 4.56. The smallest absolute Gasteiger partial charge is 0.341 e. The molecule has 1 N–H and O–H groups in total. The summed E-state index contributed by atoms with van der Waals surface area (Å²) in [5.74, 6) is -0.360. The number of nitrogens with one attached hydrogen (secondary N) is 1. The van der Waals surface area contributed by atoms with Crippen molar-refractivity contribution in [2.75, 3.05) is 14.2 Å². The van der Waals surface area contributed by atoms with Gasteiger partial charge in [0.2, 0.25) is 5.91 Å². The predicted molar refractivity (Wildman–Crippen MR) is 93.4 cm³/mol. The van der Waals surface area contributed by atoms with Crippen molar-refractivity contribution in [1.82, 2.24) is 5.32 Å². The molecule has 2 aromatic rings. The van der Waals surface area contributed by atoms with Crippen LogP contribution in [0.25, 0.3) is 0 Å². The van der Waals surface area contributed by atoms with Gasteiger partial charge in [0.1, 0.15) is 17.1 Å². The number of carbonyl (C=O) groups is 2. The van der Waals surface area contributed by atoms with Crippen molar-refractivity contribution in [3.63, 3.8) is 0 Å². The van der Waals surface area contributed by atoms with Crippen LogP contribution in [-0.2, 0) is 16.1 Å². The molecule has 2 unspecified atom stereocenters. The second-order valence-corrected chi connectivity index (χ2v) is 6.24. The highest BCUT2D eigenvalue weighted by Gasteiger charge is 2.43. The first-order valence-corrected chi connectivity index (χ1v) is 8.32. The van der Waals surface area contributed by atoms with E-state index in [4.69, 9.17) is 9.47 Å². The van der Waals surface area contributed by atoms with E-state index in [1.54, 1.807) is 30.3 Å². The summed E-state index contributed by atoms with van der Waals surface area (Å²) in [4.78, 5) is 24.1. The van der Waals surface area contributed by atoms with E-state index in [0.717, 1.165) is 17.5 Å². The molecule has 0 aliphatic heterocycles. The van der Waals surface area contributed by atoms with Crippen LogP contribution in [0.3, 0.4) is 0 Å². The first-order valence-electron chi connectivity index (χ1n) is 8.32. The van der Waals surface area contributed by atoms with Crippen molar-refractivity contribution < 1.29 is 23.5 Å². The molecule has 136 valence electrons. The maximum atomic E-state index is 13.0. The number of hydrogen-bond acceptors (Lipinski definition) is 4. The molecule has 6 heteroatoms. The number of methoxy groups -OCH3 is 2. The fourth-order valence-electron chi connectivity index (χ4n) is 3.02. The molecule has 0 heterocycles. The van der Waals surface area contributed by atoms with Gasteiger partial charge in [0.25, 0.3) is 0 Å². The lowest BCUT2D eigenvalue weighted by Gasteiger charge is -2.10. The molecule has 0 radical (unpaired) electrons. The lowest BCUT2D eigenvalue weighted by Crippen LogP contribution is -2.25. The van der Waals surface area contributed by atoms with Gasteiger partial charge >= 0.3 is 5.97 Å². The molecular weight excluding hydrogens is 337 g/mol. The Balaban J connectivity index is 1.60. The third kappa shape index (κ3) is 3.85. The number of benzene rings is 2. The van der Waals surface area contributed by atoms with E-state index < -0.39 is 5.97 Å².